The number of Topliss-reactive ketones (excluding diaryl/α,β-unsaturated/α-hetero) is 1. The zero-order chi connectivity index (χ0) is 15.7. The molecule has 0 saturated carbocycles. The lowest BCUT2D eigenvalue weighted by Crippen LogP contribution is -2.16. The van der Waals surface area contributed by atoms with Crippen LogP contribution in [0.1, 0.15) is 22.8 Å². The van der Waals surface area contributed by atoms with E-state index in [4.69, 9.17) is 4.74 Å². The minimum Gasteiger partial charge on any atom is -0.462 e. The zero-order valence-corrected chi connectivity index (χ0v) is 13.5. The van der Waals surface area contributed by atoms with E-state index in [1.807, 2.05) is 42.5 Å². The Bertz CT molecular complexity index is 805. The van der Waals surface area contributed by atoms with Crippen molar-refractivity contribution in [1.29, 1.82) is 0 Å². The van der Waals surface area contributed by atoms with Crippen LogP contribution < -0.4 is 0 Å². The molecule has 0 fully saturated rings. The van der Waals surface area contributed by atoms with Gasteiger partial charge in [0.05, 0.1) is 12.2 Å². The van der Waals surface area contributed by atoms with E-state index in [0.29, 0.717) is 11.1 Å². The molecule has 1 aliphatic rings. The predicted octanol–water partition coefficient (Wildman–Crippen LogP) is 4.22. The van der Waals surface area contributed by atoms with Crippen molar-refractivity contribution < 1.29 is 14.3 Å². The smallest absolute Gasteiger partial charge is 0.346 e. The summed E-state index contributed by atoms with van der Waals surface area (Å²) in [5.41, 5.74) is 3.52. The summed E-state index contributed by atoms with van der Waals surface area (Å²) in [5, 5.41) is 0. The van der Waals surface area contributed by atoms with E-state index in [9.17, 15) is 9.59 Å². The number of halogens is 1. The maximum absolute atomic E-state index is 12.8. The Kier molecular flexibility index (Phi) is 3.94. The highest BCUT2D eigenvalue weighted by Crippen LogP contribution is 2.41. The molecule has 22 heavy (non-hydrogen) atoms. The minimum absolute atomic E-state index is 0.168. The molecule has 0 heterocycles. The molecule has 3 nitrogen and oxygen atoms in total. The lowest BCUT2D eigenvalue weighted by Gasteiger charge is -2.22. The van der Waals surface area contributed by atoms with Crippen molar-refractivity contribution in [2.24, 2.45) is 0 Å². The molecule has 3 rings (SSSR count). The first kappa shape index (κ1) is 14.7. The molecule has 0 amide bonds. The van der Waals surface area contributed by atoms with Crippen molar-refractivity contribution in [3.05, 3.63) is 64.1 Å². The molecule has 0 bridgehead atoms. The van der Waals surface area contributed by atoms with Crippen molar-refractivity contribution in [3.8, 4) is 11.1 Å². The van der Waals surface area contributed by atoms with E-state index >= 15 is 0 Å². The number of allylic oxidation sites excluding steroid dienone is 1. The summed E-state index contributed by atoms with van der Waals surface area (Å²) in [6, 6.07) is 15.0. The molecular formula is C18H13BrO3. The van der Waals surface area contributed by atoms with Gasteiger partial charge in [-0.25, -0.2) is 4.79 Å². The molecule has 0 spiro atoms. The van der Waals surface area contributed by atoms with Crippen LogP contribution in [0, 0.1) is 0 Å². The van der Waals surface area contributed by atoms with Crippen LogP contribution in [0.4, 0.5) is 0 Å². The lowest BCUT2D eigenvalue weighted by atomic mass is 9.81. The summed E-state index contributed by atoms with van der Waals surface area (Å²) >= 11 is 3.25. The topological polar surface area (TPSA) is 43.4 Å². The Hall–Kier alpha value is -2.20. The number of hydrogen-bond donors (Lipinski definition) is 0. The van der Waals surface area contributed by atoms with Gasteiger partial charge in [-0.3, -0.25) is 4.79 Å². The molecule has 2 aromatic carbocycles. The zero-order valence-electron chi connectivity index (χ0n) is 11.9. The van der Waals surface area contributed by atoms with Crippen molar-refractivity contribution in [3.63, 3.8) is 0 Å². The van der Waals surface area contributed by atoms with E-state index < -0.39 is 5.97 Å². The van der Waals surface area contributed by atoms with E-state index in [1.165, 1.54) is 0 Å². The highest BCUT2D eigenvalue weighted by Gasteiger charge is 2.30. The molecule has 0 atom stereocenters. The van der Waals surface area contributed by atoms with Gasteiger partial charge in [-0.05, 0) is 39.5 Å². The standard InChI is InChI=1S/C18H13BrO3/c1-2-22-18(21)16(19)15-13-9-5-3-7-11(13)12-8-4-6-10-14(12)17(15)20/h3-10H,2H2,1H3/b16-15-. The van der Waals surface area contributed by atoms with Gasteiger partial charge in [-0.1, -0.05) is 48.5 Å². The Morgan fingerprint density at radius 3 is 2.05 bits per heavy atom. The van der Waals surface area contributed by atoms with Crippen LogP contribution >= 0.6 is 15.9 Å². The molecule has 0 aliphatic heterocycles. The number of fused-ring (bicyclic) bond motifs is 3. The number of benzene rings is 2. The lowest BCUT2D eigenvalue weighted by molar-refractivity contribution is -0.137. The van der Waals surface area contributed by atoms with E-state index in [0.717, 1.165) is 16.7 Å². The largest absolute Gasteiger partial charge is 0.462 e. The average Bonchev–Trinajstić information content (AvgIpc) is 2.55. The second-order valence-corrected chi connectivity index (χ2v) is 5.62. The SMILES string of the molecule is CCOC(=O)/C(Br)=C1/C(=O)c2ccccc2-c2ccccc21. The molecule has 0 N–H and O–H groups in total. The highest BCUT2D eigenvalue weighted by molar-refractivity contribution is 9.12. The Balaban J connectivity index is 2.29. The first-order valence-electron chi connectivity index (χ1n) is 6.95. The van der Waals surface area contributed by atoms with Crippen LogP contribution in [0.2, 0.25) is 0 Å². The second-order valence-electron chi connectivity index (χ2n) is 4.83. The third-order valence-corrected chi connectivity index (χ3v) is 4.28. The summed E-state index contributed by atoms with van der Waals surface area (Å²) in [6.45, 7) is 1.99. The van der Waals surface area contributed by atoms with Gasteiger partial charge >= 0.3 is 5.97 Å². The quantitative estimate of drug-likeness (QED) is 0.597. The molecule has 0 radical (unpaired) electrons. The van der Waals surface area contributed by atoms with Crippen molar-refractivity contribution in [2.45, 2.75) is 6.92 Å². The average molecular weight is 357 g/mol. The fourth-order valence-electron chi connectivity index (χ4n) is 2.62. The fourth-order valence-corrected chi connectivity index (χ4v) is 3.13. The molecule has 0 aromatic heterocycles. The number of carbonyl (C=O) groups excluding carboxylic acids is 2. The molecule has 4 heteroatoms. The van der Waals surface area contributed by atoms with Crippen LogP contribution in [-0.2, 0) is 9.53 Å². The summed E-state index contributed by atoms with van der Waals surface area (Å²) < 4.78 is 5.18. The van der Waals surface area contributed by atoms with E-state index in [2.05, 4.69) is 15.9 Å². The first-order valence-corrected chi connectivity index (χ1v) is 7.74. The summed E-state index contributed by atoms with van der Waals surface area (Å²) in [5.74, 6) is -0.700. The molecule has 0 unspecified atom stereocenters. The van der Waals surface area contributed by atoms with E-state index in [-0.39, 0.29) is 16.9 Å². The van der Waals surface area contributed by atoms with Crippen LogP contribution in [0.15, 0.2) is 53.0 Å². The van der Waals surface area contributed by atoms with Crippen LogP contribution in [0.5, 0.6) is 0 Å². The number of ketones is 1. The third-order valence-electron chi connectivity index (χ3n) is 3.56. The van der Waals surface area contributed by atoms with Crippen LogP contribution in [0.3, 0.4) is 0 Å². The number of carbonyl (C=O) groups is 2. The van der Waals surface area contributed by atoms with Gasteiger partial charge in [0.2, 0.25) is 0 Å². The van der Waals surface area contributed by atoms with Gasteiger partial charge in [-0.2, -0.15) is 0 Å². The highest BCUT2D eigenvalue weighted by atomic mass is 79.9. The maximum atomic E-state index is 12.8. The minimum atomic E-state index is -0.528. The molecule has 2 aromatic rings. The molecule has 110 valence electrons. The first-order chi connectivity index (χ1) is 10.6. The predicted molar refractivity (Wildman–Crippen MR) is 88.7 cm³/mol. The van der Waals surface area contributed by atoms with Crippen LogP contribution in [0.25, 0.3) is 16.7 Å². The van der Waals surface area contributed by atoms with Gasteiger partial charge in [0.1, 0.15) is 4.48 Å². The number of rotatable bonds is 2. The van der Waals surface area contributed by atoms with Crippen molar-refractivity contribution >= 4 is 33.3 Å². The van der Waals surface area contributed by atoms with Gasteiger partial charge in [0.15, 0.2) is 5.78 Å². The van der Waals surface area contributed by atoms with Gasteiger partial charge in [0.25, 0.3) is 0 Å². The molecule has 1 aliphatic carbocycles. The monoisotopic (exact) mass is 356 g/mol. The van der Waals surface area contributed by atoms with Crippen molar-refractivity contribution in [2.75, 3.05) is 6.61 Å². The Morgan fingerprint density at radius 1 is 0.955 bits per heavy atom. The fraction of sp³-hybridized carbons (Fsp3) is 0.111. The summed E-state index contributed by atoms with van der Waals surface area (Å²) in [4.78, 5) is 24.9. The summed E-state index contributed by atoms with van der Waals surface area (Å²) in [7, 11) is 0. The Morgan fingerprint density at radius 2 is 1.45 bits per heavy atom. The Labute approximate surface area is 136 Å². The third kappa shape index (κ3) is 2.29. The van der Waals surface area contributed by atoms with Gasteiger partial charge in [-0.15, -0.1) is 0 Å². The second kappa shape index (κ2) is 5.89. The maximum Gasteiger partial charge on any atom is 0.346 e. The van der Waals surface area contributed by atoms with Crippen LogP contribution in [-0.4, -0.2) is 18.4 Å². The summed E-state index contributed by atoms with van der Waals surface area (Å²) in [6.07, 6.45) is 0. The number of esters is 1. The van der Waals surface area contributed by atoms with E-state index in [1.54, 1.807) is 13.0 Å². The number of hydrogen-bond acceptors (Lipinski definition) is 3. The molecule has 0 saturated heterocycles. The van der Waals surface area contributed by atoms with Gasteiger partial charge in [0, 0.05) is 5.56 Å². The van der Waals surface area contributed by atoms with Crippen molar-refractivity contribution in [1.82, 2.24) is 0 Å². The van der Waals surface area contributed by atoms with Gasteiger partial charge < -0.3 is 4.74 Å². The normalized spacial score (nSPS) is 14.9. The number of ether oxygens (including phenoxy) is 1. The molecular weight excluding hydrogens is 344 g/mol.